The Labute approximate surface area is 172 Å². The van der Waals surface area contributed by atoms with Crippen LogP contribution in [-0.2, 0) is 14.8 Å². The maximum atomic E-state index is 12.4. The molecule has 1 unspecified atom stereocenters. The molecule has 0 bridgehead atoms. The fourth-order valence-corrected chi connectivity index (χ4v) is 4.22. The van der Waals surface area contributed by atoms with E-state index in [0.717, 1.165) is 18.4 Å². The molecule has 0 aromatic heterocycles. The molecule has 29 heavy (non-hydrogen) atoms. The Hall–Kier alpha value is -2.38. The van der Waals surface area contributed by atoms with E-state index in [1.165, 1.54) is 17.7 Å². The van der Waals surface area contributed by atoms with Crippen molar-refractivity contribution in [3.63, 3.8) is 0 Å². The van der Waals surface area contributed by atoms with Crippen molar-refractivity contribution in [1.29, 1.82) is 0 Å². The summed E-state index contributed by atoms with van der Waals surface area (Å²) in [7, 11) is -3.66. The lowest BCUT2D eigenvalue weighted by Crippen LogP contribution is -2.33. The van der Waals surface area contributed by atoms with E-state index in [4.69, 9.17) is 4.74 Å². The summed E-state index contributed by atoms with van der Waals surface area (Å²) in [5.41, 5.74) is 2.28. The topological polar surface area (TPSA) is 84.5 Å². The van der Waals surface area contributed by atoms with Gasteiger partial charge in [-0.3, -0.25) is 4.79 Å². The first-order valence-electron chi connectivity index (χ1n) is 9.97. The van der Waals surface area contributed by atoms with Crippen molar-refractivity contribution in [3.8, 4) is 5.75 Å². The van der Waals surface area contributed by atoms with E-state index in [-0.39, 0.29) is 29.8 Å². The van der Waals surface area contributed by atoms with Gasteiger partial charge < -0.3 is 10.1 Å². The molecule has 0 aliphatic heterocycles. The predicted octanol–water partition coefficient (Wildman–Crippen LogP) is 3.33. The predicted molar refractivity (Wildman–Crippen MR) is 112 cm³/mol. The van der Waals surface area contributed by atoms with Crippen molar-refractivity contribution in [2.75, 3.05) is 13.2 Å². The first-order chi connectivity index (χ1) is 13.9. The van der Waals surface area contributed by atoms with Gasteiger partial charge in [-0.2, -0.15) is 0 Å². The number of aryl methyl sites for hydroxylation is 1. The van der Waals surface area contributed by atoms with E-state index in [0.29, 0.717) is 18.3 Å². The molecule has 1 atom stereocenters. The third-order valence-electron chi connectivity index (χ3n) is 4.94. The second-order valence-electron chi connectivity index (χ2n) is 7.35. The van der Waals surface area contributed by atoms with Gasteiger partial charge in [0.2, 0.25) is 15.9 Å². The molecule has 2 N–H and O–H groups in total. The lowest BCUT2D eigenvalue weighted by atomic mass is 10.0. The highest BCUT2D eigenvalue weighted by Gasteiger charge is 2.33. The summed E-state index contributed by atoms with van der Waals surface area (Å²) >= 11 is 0. The number of amides is 1. The number of ether oxygens (including phenoxy) is 1. The minimum Gasteiger partial charge on any atom is -0.494 e. The van der Waals surface area contributed by atoms with Crippen molar-refractivity contribution >= 4 is 15.9 Å². The molecular formula is C22H28N2O4S. The maximum absolute atomic E-state index is 12.4. The molecule has 6 nitrogen and oxygen atoms in total. The second-order valence-corrected chi connectivity index (χ2v) is 9.11. The summed E-state index contributed by atoms with van der Waals surface area (Å²) < 4.78 is 32.6. The van der Waals surface area contributed by atoms with Crippen LogP contribution in [0.4, 0.5) is 0 Å². The molecule has 3 rings (SSSR count). The van der Waals surface area contributed by atoms with Crippen LogP contribution >= 0.6 is 0 Å². The Bertz CT molecular complexity index is 920. The summed E-state index contributed by atoms with van der Waals surface area (Å²) in [5, 5.41) is 3.07. The Morgan fingerprint density at radius 1 is 1.10 bits per heavy atom. The van der Waals surface area contributed by atoms with Gasteiger partial charge in [-0.25, -0.2) is 13.1 Å². The maximum Gasteiger partial charge on any atom is 0.240 e. The number of benzene rings is 2. The Morgan fingerprint density at radius 2 is 1.76 bits per heavy atom. The van der Waals surface area contributed by atoms with Gasteiger partial charge in [0.25, 0.3) is 0 Å². The van der Waals surface area contributed by atoms with Crippen LogP contribution in [-0.4, -0.2) is 27.5 Å². The minimum absolute atomic E-state index is 0.00850. The fraction of sp³-hybridized carbons (Fsp3) is 0.409. The zero-order valence-corrected chi connectivity index (χ0v) is 17.7. The Morgan fingerprint density at radius 3 is 2.34 bits per heavy atom. The average Bonchev–Trinajstić information content (AvgIpc) is 3.53. The third kappa shape index (κ3) is 6.05. The molecule has 1 saturated carbocycles. The molecule has 0 heterocycles. The van der Waals surface area contributed by atoms with Crippen molar-refractivity contribution in [3.05, 3.63) is 59.7 Å². The minimum atomic E-state index is -3.66. The fourth-order valence-electron chi connectivity index (χ4n) is 3.19. The highest BCUT2D eigenvalue weighted by atomic mass is 32.2. The monoisotopic (exact) mass is 416 g/mol. The first kappa shape index (κ1) is 21.3. The van der Waals surface area contributed by atoms with Gasteiger partial charge >= 0.3 is 0 Å². The van der Waals surface area contributed by atoms with Crippen molar-refractivity contribution in [2.24, 2.45) is 5.92 Å². The number of rotatable bonds is 10. The smallest absolute Gasteiger partial charge is 0.240 e. The quantitative estimate of drug-likeness (QED) is 0.622. The van der Waals surface area contributed by atoms with Crippen LogP contribution in [0.15, 0.2) is 53.4 Å². The summed E-state index contributed by atoms with van der Waals surface area (Å²) in [5.74, 6) is 0.923. The molecule has 0 saturated heterocycles. The molecule has 2 aromatic carbocycles. The van der Waals surface area contributed by atoms with Crippen LogP contribution in [0.1, 0.15) is 43.4 Å². The van der Waals surface area contributed by atoms with Gasteiger partial charge in [-0.1, -0.05) is 29.8 Å². The molecule has 1 aliphatic carbocycles. The molecule has 1 aliphatic rings. The largest absolute Gasteiger partial charge is 0.494 e. The molecule has 7 heteroatoms. The van der Waals surface area contributed by atoms with Crippen LogP contribution in [0.25, 0.3) is 0 Å². The van der Waals surface area contributed by atoms with E-state index in [1.54, 1.807) is 12.1 Å². The van der Waals surface area contributed by atoms with Crippen molar-refractivity contribution in [2.45, 2.75) is 44.0 Å². The van der Waals surface area contributed by atoms with Crippen LogP contribution in [0.3, 0.4) is 0 Å². The zero-order chi connectivity index (χ0) is 20.9. The molecule has 156 valence electrons. The SMILES string of the molecule is CCOc1ccc(S(=O)(=O)NCCC(=O)NC(c2ccc(C)cc2)C2CC2)cc1. The Balaban J connectivity index is 1.52. The highest BCUT2D eigenvalue weighted by molar-refractivity contribution is 7.89. The molecule has 0 radical (unpaired) electrons. The number of carbonyl (C=O) groups excluding carboxylic acids is 1. The molecular weight excluding hydrogens is 388 g/mol. The van der Waals surface area contributed by atoms with E-state index in [1.807, 2.05) is 38.1 Å². The average molecular weight is 417 g/mol. The van der Waals surface area contributed by atoms with Crippen LogP contribution in [0.5, 0.6) is 5.75 Å². The highest BCUT2D eigenvalue weighted by Crippen LogP contribution is 2.41. The Kier molecular flexibility index (Phi) is 6.92. The number of carbonyl (C=O) groups is 1. The number of hydrogen-bond donors (Lipinski definition) is 2. The summed E-state index contributed by atoms with van der Waals surface area (Å²) in [4.78, 5) is 12.6. The standard InChI is InChI=1S/C22H28N2O4S/c1-3-28-19-10-12-20(13-11-19)29(26,27)23-15-14-21(25)24-22(18-8-9-18)17-6-4-16(2)5-7-17/h4-7,10-13,18,22-23H,3,8-9,14-15H2,1-2H3,(H,24,25). The summed E-state index contributed by atoms with van der Waals surface area (Å²) in [6.07, 6.45) is 2.29. The van der Waals surface area contributed by atoms with Gasteiger partial charge in [-0.15, -0.1) is 0 Å². The lowest BCUT2D eigenvalue weighted by molar-refractivity contribution is -0.121. The zero-order valence-electron chi connectivity index (χ0n) is 16.9. The number of sulfonamides is 1. The van der Waals surface area contributed by atoms with Crippen LogP contribution in [0.2, 0.25) is 0 Å². The third-order valence-corrected chi connectivity index (χ3v) is 6.41. The van der Waals surface area contributed by atoms with Gasteiger partial charge in [0, 0.05) is 13.0 Å². The first-order valence-corrected chi connectivity index (χ1v) is 11.5. The molecule has 2 aromatic rings. The van der Waals surface area contributed by atoms with E-state index in [9.17, 15) is 13.2 Å². The second kappa shape index (κ2) is 9.41. The number of nitrogens with one attached hydrogen (secondary N) is 2. The van der Waals surface area contributed by atoms with Gasteiger partial charge in [-0.05, 0) is 62.4 Å². The van der Waals surface area contributed by atoms with Crippen LogP contribution < -0.4 is 14.8 Å². The summed E-state index contributed by atoms with van der Waals surface area (Å²) in [6.45, 7) is 4.46. The van der Waals surface area contributed by atoms with Crippen molar-refractivity contribution < 1.29 is 17.9 Å². The van der Waals surface area contributed by atoms with E-state index in [2.05, 4.69) is 10.0 Å². The van der Waals surface area contributed by atoms with E-state index < -0.39 is 10.0 Å². The number of hydrogen-bond acceptors (Lipinski definition) is 4. The van der Waals surface area contributed by atoms with Gasteiger partial charge in [0.05, 0.1) is 17.5 Å². The molecule has 1 amide bonds. The molecule has 1 fully saturated rings. The van der Waals surface area contributed by atoms with Crippen molar-refractivity contribution in [1.82, 2.24) is 10.0 Å². The molecule has 0 spiro atoms. The summed E-state index contributed by atoms with van der Waals surface area (Å²) in [6, 6.07) is 14.4. The van der Waals surface area contributed by atoms with E-state index >= 15 is 0 Å². The van der Waals surface area contributed by atoms with Gasteiger partial charge in [0.15, 0.2) is 0 Å². The van der Waals surface area contributed by atoms with Crippen LogP contribution in [0, 0.1) is 12.8 Å². The lowest BCUT2D eigenvalue weighted by Gasteiger charge is -2.19. The normalized spacial score (nSPS) is 15.0. The van der Waals surface area contributed by atoms with Gasteiger partial charge in [0.1, 0.15) is 5.75 Å².